The average Bonchev–Trinajstić information content (AvgIpc) is 2.60. The Bertz CT molecular complexity index is 748. The van der Waals surface area contributed by atoms with Crippen LogP contribution in [0.3, 0.4) is 0 Å². The largest absolute Gasteiger partial charge is 0.497 e. The number of pyridine rings is 1. The zero-order chi connectivity index (χ0) is 17.5. The number of benzene rings is 1. The Balaban J connectivity index is 2.06. The average molecular weight is 347 g/mol. The monoisotopic (exact) mass is 347 g/mol. The number of carbonyl (C=O) groups is 2. The van der Waals surface area contributed by atoms with Crippen LogP contribution in [-0.2, 0) is 11.2 Å². The molecule has 1 N–H and O–H groups in total. The number of thioether (sulfide) groups is 1. The Morgan fingerprint density at radius 1 is 1.21 bits per heavy atom. The molecule has 1 aromatic heterocycles. The molecular weight excluding hydrogens is 330 g/mol. The number of hydrogen-bond acceptors (Lipinski definition) is 6. The lowest BCUT2D eigenvalue weighted by molar-refractivity contribution is -0.116. The van der Waals surface area contributed by atoms with Crippen LogP contribution in [-0.4, -0.2) is 41.8 Å². The van der Waals surface area contributed by atoms with E-state index in [0.29, 0.717) is 16.5 Å². The van der Waals surface area contributed by atoms with Gasteiger partial charge >= 0.3 is 5.97 Å². The number of methoxy groups -OCH3 is 2. The Morgan fingerprint density at radius 3 is 2.67 bits per heavy atom. The van der Waals surface area contributed by atoms with Crippen molar-refractivity contribution in [2.24, 2.45) is 0 Å². The first kappa shape index (κ1) is 17.8. The highest BCUT2D eigenvalue weighted by atomic mass is 32.2. The molecule has 0 aliphatic rings. The Kier molecular flexibility index (Phi) is 6.20. The van der Waals surface area contributed by atoms with Crippen LogP contribution in [0, 0.1) is 0 Å². The van der Waals surface area contributed by atoms with Crippen molar-refractivity contribution in [3.63, 3.8) is 0 Å². The van der Waals surface area contributed by atoms with Crippen LogP contribution in [0.15, 0.2) is 41.6 Å². The summed E-state index contributed by atoms with van der Waals surface area (Å²) in [6.45, 7) is 0. The first-order chi connectivity index (χ1) is 11.5. The van der Waals surface area contributed by atoms with Gasteiger partial charge < -0.3 is 14.6 Å². The van der Waals surface area contributed by atoms with Crippen molar-refractivity contribution in [2.45, 2.75) is 11.4 Å². The third-order valence-corrected chi connectivity index (χ3v) is 4.31. The highest BCUT2D eigenvalue weighted by molar-refractivity contribution is 8.00. The summed E-state index contributed by atoms with van der Waals surface area (Å²) in [5.74, 6) is 0.251. The highest BCUT2D eigenvalue weighted by Crippen LogP contribution is 2.26. The fourth-order valence-corrected chi connectivity index (χ4v) is 2.95. The molecule has 2 rings (SSSR count). The lowest BCUT2D eigenvalue weighted by atomic mass is 10.1. The van der Waals surface area contributed by atoms with E-state index in [-0.39, 0.29) is 23.5 Å². The predicted octanol–water partition coefficient (Wildman–Crippen LogP) is 2.70. The van der Waals surface area contributed by atoms with Crippen molar-refractivity contribution in [3.05, 3.63) is 47.7 Å². The molecule has 0 unspecified atom stereocenters. The molecule has 0 saturated carbocycles. The van der Waals surface area contributed by atoms with Crippen LogP contribution in [0.4, 0.5) is 0 Å². The number of aromatic carboxylic acids is 1. The first-order valence-electron chi connectivity index (χ1n) is 7.09. The number of rotatable bonds is 8. The van der Waals surface area contributed by atoms with Crippen molar-refractivity contribution < 1.29 is 24.2 Å². The zero-order valence-electron chi connectivity index (χ0n) is 13.3. The first-order valence-corrected chi connectivity index (χ1v) is 8.07. The van der Waals surface area contributed by atoms with E-state index >= 15 is 0 Å². The number of carbonyl (C=O) groups excluding carboxylic acids is 1. The number of aromatic nitrogens is 1. The smallest absolute Gasteiger partial charge is 0.338 e. The van der Waals surface area contributed by atoms with Crippen molar-refractivity contribution in [3.8, 4) is 11.5 Å². The molecule has 126 valence electrons. The molecule has 0 spiro atoms. The van der Waals surface area contributed by atoms with E-state index in [1.54, 1.807) is 31.4 Å². The van der Waals surface area contributed by atoms with Crippen molar-refractivity contribution in [2.75, 3.05) is 20.0 Å². The Hall–Kier alpha value is -2.54. The van der Waals surface area contributed by atoms with Gasteiger partial charge in [0.2, 0.25) is 0 Å². The molecule has 7 heteroatoms. The number of ketones is 1. The number of carboxylic acids is 1. The maximum atomic E-state index is 12.2. The topological polar surface area (TPSA) is 85.7 Å². The van der Waals surface area contributed by atoms with Gasteiger partial charge in [-0.25, -0.2) is 9.78 Å². The second-order valence-corrected chi connectivity index (χ2v) is 5.81. The summed E-state index contributed by atoms with van der Waals surface area (Å²) >= 11 is 1.11. The van der Waals surface area contributed by atoms with Gasteiger partial charge in [-0.2, -0.15) is 0 Å². The fraction of sp³-hybridized carbons (Fsp3) is 0.235. The molecule has 0 atom stereocenters. The summed E-state index contributed by atoms with van der Waals surface area (Å²) in [5.41, 5.74) is 0.816. The molecule has 0 radical (unpaired) electrons. The van der Waals surface area contributed by atoms with Gasteiger partial charge in [0.1, 0.15) is 22.3 Å². The van der Waals surface area contributed by atoms with E-state index in [2.05, 4.69) is 4.98 Å². The summed E-state index contributed by atoms with van der Waals surface area (Å²) < 4.78 is 10.4. The van der Waals surface area contributed by atoms with E-state index in [0.717, 1.165) is 17.3 Å². The molecule has 0 fully saturated rings. The SMILES string of the molecule is COc1ccc(OC)c(CC(=O)CSc2ncccc2C(=O)O)c1. The lowest BCUT2D eigenvalue weighted by Crippen LogP contribution is -2.08. The van der Waals surface area contributed by atoms with E-state index in [1.807, 2.05) is 0 Å². The molecule has 0 saturated heterocycles. The molecule has 0 aliphatic carbocycles. The van der Waals surface area contributed by atoms with Gasteiger partial charge in [0.15, 0.2) is 0 Å². The van der Waals surface area contributed by atoms with Crippen LogP contribution in [0.2, 0.25) is 0 Å². The minimum Gasteiger partial charge on any atom is -0.497 e. The standard InChI is InChI=1S/C17H17NO5S/c1-22-13-5-6-15(23-2)11(9-13)8-12(19)10-24-16-14(17(20)21)4-3-7-18-16/h3-7,9H,8,10H2,1-2H3,(H,20,21). The van der Waals surface area contributed by atoms with E-state index in [1.165, 1.54) is 19.4 Å². The number of nitrogens with zero attached hydrogens (tertiary/aromatic N) is 1. The molecule has 0 aliphatic heterocycles. The Labute approximate surface area is 143 Å². The van der Waals surface area contributed by atoms with Gasteiger partial charge in [-0.05, 0) is 30.3 Å². The van der Waals surface area contributed by atoms with Crippen LogP contribution in [0.1, 0.15) is 15.9 Å². The van der Waals surface area contributed by atoms with Gasteiger partial charge in [0.25, 0.3) is 0 Å². The predicted molar refractivity (Wildman–Crippen MR) is 90.2 cm³/mol. The van der Waals surface area contributed by atoms with Crippen molar-refractivity contribution in [1.29, 1.82) is 0 Å². The summed E-state index contributed by atoms with van der Waals surface area (Å²) in [5, 5.41) is 9.45. The Morgan fingerprint density at radius 2 is 2.00 bits per heavy atom. The fourth-order valence-electron chi connectivity index (χ4n) is 2.10. The zero-order valence-corrected chi connectivity index (χ0v) is 14.1. The van der Waals surface area contributed by atoms with Gasteiger partial charge in [-0.1, -0.05) is 11.8 Å². The molecule has 1 aromatic carbocycles. The molecule has 6 nitrogen and oxygen atoms in total. The summed E-state index contributed by atoms with van der Waals surface area (Å²) in [4.78, 5) is 27.4. The van der Waals surface area contributed by atoms with Gasteiger partial charge in [-0.15, -0.1) is 0 Å². The molecule has 24 heavy (non-hydrogen) atoms. The van der Waals surface area contributed by atoms with Crippen LogP contribution in [0.5, 0.6) is 11.5 Å². The summed E-state index contributed by atoms with van der Waals surface area (Å²) in [6.07, 6.45) is 1.67. The minimum atomic E-state index is -1.06. The van der Waals surface area contributed by atoms with Gasteiger partial charge in [0, 0.05) is 18.2 Å². The van der Waals surface area contributed by atoms with E-state index in [9.17, 15) is 9.59 Å². The molecule has 2 aromatic rings. The van der Waals surface area contributed by atoms with Crippen LogP contribution < -0.4 is 9.47 Å². The third-order valence-electron chi connectivity index (χ3n) is 3.25. The molecule has 0 amide bonds. The quantitative estimate of drug-likeness (QED) is 0.735. The third kappa shape index (κ3) is 4.48. The van der Waals surface area contributed by atoms with Crippen molar-refractivity contribution in [1.82, 2.24) is 4.98 Å². The van der Waals surface area contributed by atoms with E-state index < -0.39 is 5.97 Å². The normalized spacial score (nSPS) is 10.2. The summed E-state index contributed by atoms with van der Waals surface area (Å²) in [7, 11) is 3.09. The minimum absolute atomic E-state index is 0.0615. The van der Waals surface area contributed by atoms with Crippen LogP contribution in [0.25, 0.3) is 0 Å². The maximum Gasteiger partial charge on any atom is 0.338 e. The molecular formula is C17H17NO5S. The molecule has 1 heterocycles. The number of hydrogen-bond donors (Lipinski definition) is 1. The molecule has 0 bridgehead atoms. The highest BCUT2D eigenvalue weighted by Gasteiger charge is 2.15. The van der Waals surface area contributed by atoms with E-state index in [4.69, 9.17) is 14.6 Å². The van der Waals surface area contributed by atoms with Crippen molar-refractivity contribution >= 4 is 23.5 Å². The second kappa shape index (κ2) is 8.35. The number of ether oxygens (including phenoxy) is 2. The van der Waals surface area contributed by atoms with Gasteiger partial charge in [-0.3, -0.25) is 4.79 Å². The van der Waals surface area contributed by atoms with Crippen LogP contribution >= 0.6 is 11.8 Å². The lowest BCUT2D eigenvalue weighted by Gasteiger charge is -2.10. The summed E-state index contributed by atoms with van der Waals surface area (Å²) in [6, 6.07) is 8.28. The van der Waals surface area contributed by atoms with Gasteiger partial charge in [0.05, 0.1) is 25.5 Å². The number of carboxylic acid groups (broad SMARTS) is 1. The number of Topliss-reactive ketones (excluding diaryl/α,β-unsaturated/α-hetero) is 1. The second-order valence-electron chi connectivity index (χ2n) is 4.84. The maximum absolute atomic E-state index is 12.2.